The van der Waals surface area contributed by atoms with E-state index in [4.69, 9.17) is 16.7 Å². The van der Waals surface area contributed by atoms with Crippen molar-refractivity contribution >= 4 is 23.2 Å². The van der Waals surface area contributed by atoms with Crippen LogP contribution in [0, 0.1) is 5.82 Å². The summed E-state index contributed by atoms with van der Waals surface area (Å²) < 4.78 is 13.4. The maximum absolute atomic E-state index is 13.4. The highest BCUT2D eigenvalue weighted by atomic mass is 35.5. The fourth-order valence-electron chi connectivity index (χ4n) is 1.90. The van der Waals surface area contributed by atoms with Gasteiger partial charge in [-0.2, -0.15) is 0 Å². The van der Waals surface area contributed by atoms with Crippen LogP contribution < -0.4 is 10.6 Å². The van der Waals surface area contributed by atoms with Gasteiger partial charge in [0, 0.05) is 24.3 Å². The number of anilines is 1. The molecule has 2 aromatic carbocycles. The van der Waals surface area contributed by atoms with E-state index in [0.29, 0.717) is 12.1 Å². The molecule has 0 aliphatic heterocycles. The fourth-order valence-corrected chi connectivity index (χ4v) is 2.01. The van der Waals surface area contributed by atoms with Gasteiger partial charge in [-0.15, -0.1) is 0 Å². The second-order valence-electron chi connectivity index (χ2n) is 4.66. The molecule has 22 heavy (non-hydrogen) atoms. The first kappa shape index (κ1) is 16.3. The van der Waals surface area contributed by atoms with Gasteiger partial charge in [0.15, 0.2) is 0 Å². The molecular formula is C16H16ClFN2O2. The zero-order chi connectivity index (χ0) is 15.9. The van der Waals surface area contributed by atoms with E-state index in [1.54, 1.807) is 24.3 Å². The van der Waals surface area contributed by atoms with Crippen molar-refractivity contribution in [2.45, 2.75) is 6.54 Å². The molecule has 0 aliphatic carbocycles. The molecule has 0 aliphatic rings. The summed E-state index contributed by atoms with van der Waals surface area (Å²) in [7, 11) is 0. The molecular weight excluding hydrogens is 307 g/mol. The minimum Gasteiger partial charge on any atom is -0.395 e. The molecule has 0 atom stereocenters. The molecule has 3 N–H and O–H groups in total. The highest BCUT2D eigenvalue weighted by Gasteiger charge is 2.06. The van der Waals surface area contributed by atoms with Gasteiger partial charge >= 0.3 is 0 Å². The molecule has 2 rings (SSSR count). The van der Waals surface area contributed by atoms with Crippen molar-refractivity contribution < 1.29 is 14.3 Å². The van der Waals surface area contributed by atoms with Gasteiger partial charge < -0.3 is 15.7 Å². The summed E-state index contributed by atoms with van der Waals surface area (Å²) in [6, 6.07) is 11.5. The molecule has 0 bridgehead atoms. The quantitative estimate of drug-likeness (QED) is 0.766. The molecule has 0 saturated carbocycles. The van der Waals surface area contributed by atoms with Gasteiger partial charge in [0.2, 0.25) is 0 Å². The van der Waals surface area contributed by atoms with E-state index < -0.39 is 5.82 Å². The van der Waals surface area contributed by atoms with Crippen molar-refractivity contribution in [2.24, 2.45) is 0 Å². The van der Waals surface area contributed by atoms with Crippen LogP contribution in [0.4, 0.5) is 10.1 Å². The van der Waals surface area contributed by atoms with Gasteiger partial charge in [-0.25, -0.2) is 4.39 Å². The zero-order valence-electron chi connectivity index (χ0n) is 11.8. The van der Waals surface area contributed by atoms with E-state index >= 15 is 0 Å². The highest BCUT2D eigenvalue weighted by Crippen LogP contribution is 2.17. The molecule has 1 amide bonds. The third-order valence-electron chi connectivity index (χ3n) is 3.00. The van der Waals surface area contributed by atoms with E-state index in [0.717, 1.165) is 11.3 Å². The Bertz CT molecular complexity index is 664. The van der Waals surface area contributed by atoms with Crippen LogP contribution in [0.15, 0.2) is 42.5 Å². The Balaban J connectivity index is 2.01. The Labute approximate surface area is 132 Å². The Morgan fingerprint density at radius 1 is 1.23 bits per heavy atom. The second kappa shape index (κ2) is 7.77. The molecule has 2 aromatic rings. The standard InChI is InChI=1S/C16H16ClFN2O2/c17-14-5-4-11(8-15(14)18)10-20-13-3-1-2-12(9-13)16(22)19-6-7-21/h1-5,8-9,20-21H,6-7,10H2,(H,19,22). The molecule has 116 valence electrons. The molecule has 0 spiro atoms. The summed E-state index contributed by atoms with van der Waals surface area (Å²) in [5.74, 6) is -0.715. The Hall–Kier alpha value is -2.11. The van der Waals surface area contributed by atoms with Crippen molar-refractivity contribution in [2.75, 3.05) is 18.5 Å². The molecule has 0 heterocycles. The van der Waals surface area contributed by atoms with Crippen molar-refractivity contribution in [3.63, 3.8) is 0 Å². The first-order chi connectivity index (χ1) is 10.6. The third kappa shape index (κ3) is 4.44. The van der Waals surface area contributed by atoms with Gasteiger partial charge in [0.25, 0.3) is 5.91 Å². The number of hydrogen-bond donors (Lipinski definition) is 3. The summed E-state index contributed by atoms with van der Waals surface area (Å²) in [6.45, 7) is 0.516. The van der Waals surface area contributed by atoms with Crippen LogP contribution in [0.25, 0.3) is 0 Å². The molecule has 0 unspecified atom stereocenters. The van der Waals surface area contributed by atoms with E-state index in [2.05, 4.69) is 10.6 Å². The predicted molar refractivity (Wildman–Crippen MR) is 84.6 cm³/mol. The smallest absolute Gasteiger partial charge is 0.251 e. The van der Waals surface area contributed by atoms with Gasteiger partial charge in [0.1, 0.15) is 5.82 Å². The predicted octanol–water partition coefficient (Wildman–Crippen LogP) is 2.81. The van der Waals surface area contributed by atoms with E-state index in [1.807, 2.05) is 6.07 Å². The number of aliphatic hydroxyl groups is 1. The lowest BCUT2D eigenvalue weighted by Gasteiger charge is -2.09. The van der Waals surface area contributed by atoms with Crippen molar-refractivity contribution in [1.29, 1.82) is 0 Å². The number of carbonyl (C=O) groups excluding carboxylic acids is 1. The third-order valence-corrected chi connectivity index (χ3v) is 3.31. The second-order valence-corrected chi connectivity index (χ2v) is 5.07. The summed E-state index contributed by atoms with van der Waals surface area (Å²) >= 11 is 5.64. The van der Waals surface area contributed by atoms with Crippen molar-refractivity contribution in [3.8, 4) is 0 Å². The average Bonchev–Trinajstić information content (AvgIpc) is 2.54. The summed E-state index contributed by atoms with van der Waals surface area (Å²) in [5, 5.41) is 14.5. The van der Waals surface area contributed by atoms with E-state index in [9.17, 15) is 9.18 Å². The van der Waals surface area contributed by atoms with Crippen LogP contribution in [0.2, 0.25) is 5.02 Å². The number of aliphatic hydroxyl groups excluding tert-OH is 1. The van der Waals surface area contributed by atoms with Crippen molar-refractivity contribution in [1.82, 2.24) is 5.32 Å². The summed E-state index contributed by atoms with van der Waals surface area (Å²) in [5.41, 5.74) is 1.98. The Morgan fingerprint density at radius 3 is 2.77 bits per heavy atom. The van der Waals surface area contributed by atoms with Crippen LogP contribution in [-0.2, 0) is 6.54 Å². The number of nitrogens with one attached hydrogen (secondary N) is 2. The van der Waals surface area contributed by atoms with Gasteiger partial charge in [-0.3, -0.25) is 4.79 Å². The summed E-state index contributed by atoms with van der Waals surface area (Å²) in [4.78, 5) is 11.8. The normalized spacial score (nSPS) is 10.3. The number of carbonyl (C=O) groups is 1. The van der Waals surface area contributed by atoms with Crippen LogP contribution in [0.1, 0.15) is 15.9 Å². The molecule has 0 aromatic heterocycles. The lowest BCUT2D eigenvalue weighted by atomic mass is 10.1. The monoisotopic (exact) mass is 322 g/mol. The lowest BCUT2D eigenvalue weighted by Crippen LogP contribution is -2.26. The number of halogens is 2. The van der Waals surface area contributed by atoms with Gasteiger partial charge in [-0.1, -0.05) is 23.7 Å². The lowest BCUT2D eigenvalue weighted by molar-refractivity contribution is 0.0945. The van der Waals surface area contributed by atoms with Crippen LogP contribution in [-0.4, -0.2) is 24.2 Å². The summed E-state index contributed by atoms with van der Waals surface area (Å²) in [6.07, 6.45) is 0. The van der Waals surface area contributed by atoms with Crippen molar-refractivity contribution in [3.05, 3.63) is 64.4 Å². The fraction of sp³-hybridized carbons (Fsp3) is 0.188. The zero-order valence-corrected chi connectivity index (χ0v) is 12.5. The maximum Gasteiger partial charge on any atom is 0.251 e. The number of rotatable bonds is 6. The molecule has 0 radical (unpaired) electrons. The largest absolute Gasteiger partial charge is 0.395 e. The van der Waals surface area contributed by atoms with Gasteiger partial charge in [0.05, 0.1) is 11.6 Å². The first-order valence-corrected chi connectivity index (χ1v) is 7.15. The number of benzene rings is 2. The minimum absolute atomic E-state index is 0.0892. The topological polar surface area (TPSA) is 61.4 Å². The highest BCUT2D eigenvalue weighted by molar-refractivity contribution is 6.30. The number of amides is 1. The van der Waals surface area contributed by atoms with Gasteiger partial charge in [-0.05, 0) is 35.9 Å². The molecule has 6 heteroatoms. The van der Waals surface area contributed by atoms with Crippen LogP contribution >= 0.6 is 11.6 Å². The Kier molecular flexibility index (Phi) is 5.75. The molecule has 0 fully saturated rings. The van der Waals surface area contributed by atoms with Crippen LogP contribution in [0.5, 0.6) is 0 Å². The SMILES string of the molecule is O=C(NCCO)c1cccc(NCc2ccc(Cl)c(F)c2)c1. The molecule has 0 saturated heterocycles. The first-order valence-electron chi connectivity index (χ1n) is 6.77. The average molecular weight is 323 g/mol. The maximum atomic E-state index is 13.4. The van der Waals surface area contributed by atoms with E-state index in [-0.39, 0.29) is 24.1 Å². The number of hydrogen-bond acceptors (Lipinski definition) is 3. The van der Waals surface area contributed by atoms with Crippen LogP contribution in [0.3, 0.4) is 0 Å². The Morgan fingerprint density at radius 2 is 2.05 bits per heavy atom. The minimum atomic E-state index is -0.460. The van der Waals surface area contributed by atoms with E-state index in [1.165, 1.54) is 12.1 Å². The molecule has 4 nitrogen and oxygen atoms in total.